The third kappa shape index (κ3) is 3.50. The molecule has 7 heteroatoms. The van der Waals surface area contributed by atoms with Crippen LogP contribution >= 0.6 is 39.1 Å². The van der Waals surface area contributed by atoms with Gasteiger partial charge in [-0.2, -0.15) is 0 Å². The minimum atomic E-state index is 0.481. The highest BCUT2D eigenvalue weighted by Crippen LogP contribution is 2.33. The summed E-state index contributed by atoms with van der Waals surface area (Å²) in [5, 5.41) is 2.98. The minimum absolute atomic E-state index is 0.481. The van der Waals surface area contributed by atoms with E-state index < -0.39 is 0 Å². The lowest BCUT2D eigenvalue weighted by Crippen LogP contribution is -1.69. The summed E-state index contributed by atoms with van der Waals surface area (Å²) in [7, 11) is 0. The highest BCUT2D eigenvalue weighted by atomic mass is 79.9. The van der Waals surface area contributed by atoms with Crippen LogP contribution in [0.1, 0.15) is 0 Å². The predicted octanol–water partition coefficient (Wildman–Crippen LogP) is 7.51. The molecular weight excluding hydrogens is 423 g/mol. The molecule has 2 aromatic carbocycles. The van der Waals surface area contributed by atoms with Gasteiger partial charge in [-0.25, -0.2) is 9.69 Å². The molecule has 4 nitrogen and oxygen atoms in total. The van der Waals surface area contributed by atoms with Gasteiger partial charge in [-0.15, -0.1) is 0 Å². The number of fused-ring (bicyclic) bond motifs is 2. The average molecular weight is 432 g/mol. The van der Waals surface area contributed by atoms with Gasteiger partial charge in [0.25, 0.3) is 0 Å². The van der Waals surface area contributed by atoms with Crippen LogP contribution in [-0.2, 0) is 0 Å². The van der Waals surface area contributed by atoms with Crippen molar-refractivity contribution in [1.82, 2.24) is 9.97 Å². The Morgan fingerprint density at radius 1 is 0.880 bits per heavy atom. The molecular formula is C18H9BrCl2N4. The molecule has 0 saturated carbocycles. The van der Waals surface area contributed by atoms with Crippen molar-refractivity contribution in [3.8, 4) is 0 Å². The van der Waals surface area contributed by atoms with E-state index in [9.17, 15) is 0 Å². The van der Waals surface area contributed by atoms with E-state index >= 15 is 0 Å². The lowest BCUT2D eigenvalue weighted by atomic mass is 10.2. The monoisotopic (exact) mass is 430 g/mol. The van der Waals surface area contributed by atoms with Crippen LogP contribution in [0.4, 0.5) is 11.4 Å². The van der Waals surface area contributed by atoms with Crippen molar-refractivity contribution in [3.63, 3.8) is 0 Å². The molecule has 0 aliphatic rings. The summed E-state index contributed by atoms with van der Waals surface area (Å²) in [5.74, 6) is 0. The molecule has 0 aliphatic heterocycles. The lowest BCUT2D eigenvalue weighted by Gasteiger charge is -1.95. The van der Waals surface area contributed by atoms with E-state index in [-0.39, 0.29) is 0 Å². The minimum Gasteiger partial charge on any atom is -0.361 e. The highest BCUT2D eigenvalue weighted by molar-refractivity contribution is 9.10. The van der Waals surface area contributed by atoms with Gasteiger partial charge in [-0.1, -0.05) is 23.2 Å². The topological polar surface area (TPSA) is 40.3 Å². The van der Waals surface area contributed by atoms with Gasteiger partial charge >= 0.3 is 0 Å². The van der Waals surface area contributed by atoms with Crippen molar-refractivity contribution >= 4 is 72.3 Å². The van der Waals surface area contributed by atoms with E-state index in [4.69, 9.17) is 36.3 Å². The first-order valence-electron chi connectivity index (χ1n) is 7.01. The number of rotatable bonds is 0. The first-order valence-corrected chi connectivity index (χ1v) is 8.56. The fourth-order valence-electron chi connectivity index (χ4n) is 2.33. The van der Waals surface area contributed by atoms with Crippen LogP contribution in [0.2, 0.25) is 10.0 Å². The third-order valence-electron chi connectivity index (χ3n) is 3.56. The molecule has 0 radical (unpaired) electrons. The molecule has 0 saturated heterocycles. The summed E-state index contributed by atoms with van der Waals surface area (Å²) in [4.78, 5) is 12.7. The number of H-pyrrole nitrogens is 2. The molecule has 0 spiro atoms. The van der Waals surface area contributed by atoms with Crippen LogP contribution in [0.25, 0.3) is 31.5 Å². The molecule has 0 atom stereocenters. The SMILES string of the molecule is [C-]#[N+]c1cc2c(Br)c[nH]c2cc1Cl.[C-]#[N+]c1cc2cc[nH]c2cc1Cl. The molecule has 0 fully saturated rings. The summed E-state index contributed by atoms with van der Waals surface area (Å²) < 4.78 is 0.948. The Hall–Kier alpha value is -2.44. The summed E-state index contributed by atoms with van der Waals surface area (Å²) >= 11 is 15.1. The molecule has 25 heavy (non-hydrogen) atoms. The van der Waals surface area contributed by atoms with Crippen LogP contribution in [-0.4, -0.2) is 9.97 Å². The summed E-state index contributed by atoms with van der Waals surface area (Å²) in [6.45, 7) is 13.7. The molecule has 0 bridgehead atoms. The zero-order chi connectivity index (χ0) is 18.0. The number of nitrogens with zero attached hydrogens (tertiary/aromatic N) is 2. The van der Waals surface area contributed by atoms with Crippen LogP contribution < -0.4 is 0 Å². The van der Waals surface area contributed by atoms with Gasteiger partial charge in [0, 0.05) is 43.3 Å². The van der Waals surface area contributed by atoms with Gasteiger partial charge in [0.1, 0.15) is 0 Å². The Labute approximate surface area is 162 Å². The molecule has 2 aromatic heterocycles. The lowest BCUT2D eigenvalue weighted by molar-refractivity contribution is 1.47. The number of nitrogens with one attached hydrogen (secondary N) is 2. The Morgan fingerprint density at radius 2 is 1.52 bits per heavy atom. The maximum absolute atomic E-state index is 6.90. The van der Waals surface area contributed by atoms with Crippen molar-refractivity contribution in [3.05, 3.63) is 80.1 Å². The van der Waals surface area contributed by atoms with E-state index in [1.54, 1.807) is 24.3 Å². The summed E-state index contributed by atoms with van der Waals surface area (Å²) in [5.41, 5.74) is 2.88. The first-order chi connectivity index (χ1) is 12.0. The Morgan fingerprint density at radius 3 is 2.20 bits per heavy atom. The highest BCUT2D eigenvalue weighted by Gasteiger charge is 2.06. The normalized spacial score (nSPS) is 10.1. The number of hydrogen-bond donors (Lipinski definition) is 2. The number of halogens is 3. The molecule has 2 N–H and O–H groups in total. The third-order valence-corrected chi connectivity index (χ3v) is 4.82. The molecule has 0 amide bonds. The Balaban J connectivity index is 0.000000146. The van der Waals surface area contributed by atoms with E-state index in [0.717, 1.165) is 26.3 Å². The van der Waals surface area contributed by atoms with Crippen molar-refractivity contribution in [1.29, 1.82) is 0 Å². The number of aromatic amines is 2. The molecule has 122 valence electrons. The number of aromatic nitrogens is 2. The smallest absolute Gasteiger partial charge is 0.206 e. The molecule has 2 heterocycles. The molecule has 4 rings (SSSR count). The van der Waals surface area contributed by atoms with Gasteiger partial charge in [-0.05, 0) is 51.6 Å². The van der Waals surface area contributed by atoms with Crippen molar-refractivity contribution in [2.24, 2.45) is 0 Å². The summed E-state index contributed by atoms with van der Waals surface area (Å²) in [6.07, 6.45) is 3.66. The molecule has 0 aliphatic carbocycles. The Kier molecular flexibility index (Phi) is 5.01. The van der Waals surface area contributed by atoms with Crippen molar-refractivity contribution < 1.29 is 0 Å². The first kappa shape index (κ1) is 17.4. The molecule has 0 unspecified atom stereocenters. The zero-order valence-electron chi connectivity index (χ0n) is 12.6. The second-order valence-corrected chi connectivity index (χ2v) is 6.75. The standard InChI is InChI=1S/C9H4BrClN2.C9H5ClN2/c1-12-9-2-5-6(10)4-13-8(5)3-7(9)11;1-11-9-4-6-2-3-12-8(6)5-7(9)10/h2-4,13H;2-5,12H. The fraction of sp³-hybridized carbons (Fsp3) is 0. The van der Waals surface area contributed by atoms with E-state index in [2.05, 4.69) is 35.6 Å². The Bertz CT molecular complexity index is 1160. The zero-order valence-corrected chi connectivity index (χ0v) is 15.7. The van der Waals surface area contributed by atoms with Crippen molar-refractivity contribution in [2.75, 3.05) is 0 Å². The maximum atomic E-state index is 6.90. The second kappa shape index (κ2) is 7.21. The molecule has 4 aromatic rings. The van der Waals surface area contributed by atoms with Crippen molar-refractivity contribution in [2.45, 2.75) is 0 Å². The largest absolute Gasteiger partial charge is 0.361 e. The van der Waals surface area contributed by atoms with Gasteiger partial charge in [0.2, 0.25) is 11.4 Å². The number of benzene rings is 2. The fourth-order valence-corrected chi connectivity index (χ4v) is 3.19. The van der Waals surface area contributed by atoms with Crippen LogP contribution in [0.5, 0.6) is 0 Å². The van der Waals surface area contributed by atoms with E-state index in [1.165, 1.54) is 0 Å². The van der Waals surface area contributed by atoms with E-state index in [0.29, 0.717) is 21.4 Å². The van der Waals surface area contributed by atoms with Gasteiger partial charge in [-0.3, -0.25) is 0 Å². The van der Waals surface area contributed by atoms with Crippen LogP contribution in [0.15, 0.2) is 47.2 Å². The number of hydrogen-bond acceptors (Lipinski definition) is 0. The predicted molar refractivity (Wildman–Crippen MR) is 107 cm³/mol. The van der Waals surface area contributed by atoms with E-state index in [1.807, 2.05) is 18.5 Å². The van der Waals surface area contributed by atoms with Crippen LogP contribution in [0.3, 0.4) is 0 Å². The van der Waals surface area contributed by atoms with Gasteiger partial charge < -0.3 is 9.97 Å². The van der Waals surface area contributed by atoms with Crippen LogP contribution in [0, 0.1) is 13.1 Å². The maximum Gasteiger partial charge on any atom is 0.206 e. The average Bonchev–Trinajstić information content (AvgIpc) is 3.20. The second-order valence-electron chi connectivity index (χ2n) is 5.08. The van der Waals surface area contributed by atoms with Gasteiger partial charge in [0.15, 0.2) is 0 Å². The van der Waals surface area contributed by atoms with Gasteiger partial charge in [0.05, 0.1) is 13.1 Å². The summed E-state index contributed by atoms with van der Waals surface area (Å²) in [6, 6.07) is 8.99. The quantitative estimate of drug-likeness (QED) is 0.270.